The largest absolute Gasteiger partial charge is 0.350 e. The third-order valence-electron chi connectivity index (χ3n) is 4.10. The lowest BCUT2D eigenvalue weighted by Crippen LogP contribution is -2.30. The molecule has 80 valence electrons. The Morgan fingerprint density at radius 2 is 2.47 bits per heavy atom. The van der Waals surface area contributed by atoms with Crippen LogP contribution < -0.4 is 11.2 Å². The lowest BCUT2D eigenvalue weighted by molar-refractivity contribution is 0.249. The van der Waals surface area contributed by atoms with Gasteiger partial charge in [0.2, 0.25) is 0 Å². The molecule has 0 saturated heterocycles. The Labute approximate surface area is 88.6 Å². The van der Waals surface area contributed by atoms with Gasteiger partial charge < -0.3 is 5.73 Å². The first kappa shape index (κ1) is 8.95. The van der Waals surface area contributed by atoms with Gasteiger partial charge in [-0.2, -0.15) is 5.10 Å². The molecule has 3 aliphatic rings. The van der Waals surface area contributed by atoms with E-state index < -0.39 is 6.03 Å². The Morgan fingerprint density at radius 3 is 3.27 bits per heavy atom. The standard InChI is InChI=1S/C11H15N3O/c12-11(15)14-13-10-5-6-4-9(10)8-3-1-2-7(6)8/h1,3,6-9H,2,4-5H2,(H3,12,14,15)/b13-10-/t6-,7+,8-,9+/m1/s1. The molecule has 0 radical (unpaired) electrons. The van der Waals surface area contributed by atoms with Crippen LogP contribution in [0.15, 0.2) is 17.3 Å². The maximum atomic E-state index is 10.6. The van der Waals surface area contributed by atoms with Gasteiger partial charge in [0.25, 0.3) is 0 Å². The van der Waals surface area contributed by atoms with Gasteiger partial charge in [0.15, 0.2) is 0 Å². The first-order chi connectivity index (χ1) is 7.25. The van der Waals surface area contributed by atoms with Crippen molar-refractivity contribution < 1.29 is 4.79 Å². The van der Waals surface area contributed by atoms with Crippen LogP contribution in [0, 0.1) is 23.7 Å². The van der Waals surface area contributed by atoms with Crippen molar-refractivity contribution in [1.82, 2.24) is 5.43 Å². The molecule has 0 unspecified atom stereocenters. The minimum atomic E-state index is -0.566. The van der Waals surface area contributed by atoms with Crippen molar-refractivity contribution in [3.8, 4) is 0 Å². The molecule has 0 heterocycles. The molecule has 2 fully saturated rings. The Bertz CT molecular complexity index is 361. The Hall–Kier alpha value is -1.32. The van der Waals surface area contributed by atoms with E-state index >= 15 is 0 Å². The number of amides is 2. The SMILES string of the molecule is NC(=O)N/N=C1/C[C@H]2C[C@H]1[C@@H]1C=CC[C@@H]21. The summed E-state index contributed by atoms with van der Waals surface area (Å²) < 4.78 is 0. The van der Waals surface area contributed by atoms with E-state index in [1.54, 1.807) is 0 Å². The number of fused-ring (bicyclic) bond motifs is 5. The van der Waals surface area contributed by atoms with Gasteiger partial charge in [0.05, 0.1) is 0 Å². The van der Waals surface area contributed by atoms with Crippen LogP contribution >= 0.6 is 0 Å². The van der Waals surface area contributed by atoms with Gasteiger partial charge >= 0.3 is 6.03 Å². The molecule has 0 aromatic rings. The zero-order chi connectivity index (χ0) is 10.4. The fourth-order valence-corrected chi connectivity index (χ4v) is 3.56. The molecule has 0 aromatic carbocycles. The van der Waals surface area contributed by atoms with E-state index in [0.29, 0.717) is 11.8 Å². The van der Waals surface area contributed by atoms with Crippen LogP contribution in [-0.4, -0.2) is 11.7 Å². The molecule has 2 bridgehead atoms. The molecule has 0 aliphatic heterocycles. The van der Waals surface area contributed by atoms with Gasteiger partial charge in [-0.1, -0.05) is 12.2 Å². The third-order valence-corrected chi connectivity index (χ3v) is 4.10. The molecule has 0 aromatic heterocycles. The molecule has 15 heavy (non-hydrogen) atoms. The zero-order valence-corrected chi connectivity index (χ0v) is 8.52. The van der Waals surface area contributed by atoms with Gasteiger partial charge in [-0.05, 0) is 37.0 Å². The highest BCUT2D eigenvalue weighted by Gasteiger charge is 2.50. The highest BCUT2D eigenvalue weighted by Crippen LogP contribution is 2.55. The van der Waals surface area contributed by atoms with Gasteiger partial charge in [0, 0.05) is 11.6 Å². The minimum absolute atomic E-state index is 0.561. The second-order valence-corrected chi connectivity index (χ2v) is 4.79. The van der Waals surface area contributed by atoms with Crippen molar-refractivity contribution in [1.29, 1.82) is 0 Å². The molecule has 4 heteroatoms. The van der Waals surface area contributed by atoms with Gasteiger partial charge in [-0.25, -0.2) is 10.2 Å². The molecule has 3 aliphatic carbocycles. The number of nitrogens with one attached hydrogen (secondary N) is 1. The summed E-state index contributed by atoms with van der Waals surface area (Å²) in [5.41, 5.74) is 8.50. The molecule has 4 atom stereocenters. The first-order valence-electron chi connectivity index (χ1n) is 5.54. The normalized spacial score (nSPS) is 43.6. The summed E-state index contributed by atoms with van der Waals surface area (Å²) >= 11 is 0. The molecule has 2 saturated carbocycles. The maximum absolute atomic E-state index is 10.6. The topological polar surface area (TPSA) is 67.5 Å². The smallest absolute Gasteiger partial charge is 0.332 e. The number of hydrogen-bond acceptors (Lipinski definition) is 2. The third kappa shape index (κ3) is 1.28. The Balaban J connectivity index is 1.78. The second kappa shape index (κ2) is 3.08. The van der Waals surface area contributed by atoms with E-state index in [1.807, 2.05) is 0 Å². The van der Waals surface area contributed by atoms with Crippen molar-refractivity contribution in [2.24, 2.45) is 34.5 Å². The van der Waals surface area contributed by atoms with E-state index in [-0.39, 0.29) is 0 Å². The number of hydrazone groups is 1. The number of urea groups is 1. The van der Waals surface area contributed by atoms with Crippen molar-refractivity contribution in [3.05, 3.63) is 12.2 Å². The van der Waals surface area contributed by atoms with Crippen molar-refractivity contribution >= 4 is 11.7 Å². The van der Waals surface area contributed by atoms with Crippen LogP contribution in [0.1, 0.15) is 19.3 Å². The summed E-state index contributed by atoms with van der Waals surface area (Å²) in [5.74, 6) is 2.87. The number of rotatable bonds is 1. The summed E-state index contributed by atoms with van der Waals surface area (Å²) in [6, 6.07) is -0.566. The second-order valence-electron chi connectivity index (χ2n) is 4.79. The summed E-state index contributed by atoms with van der Waals surface area (Å²) in [6.45, 7) is 0. The minimum Gasteiger partial charge on any atom is -0.350 e. The van der Waals surface area contributed by atoms with Crippen LogP contribution in [-0.2, 0) is 0 Å². The van der Waals surface area contributed by atoms with E-state index in [2.05, 4.69) is 22.7 Å². The summed E-state index contributed by atoms with van der Waals surface area (Å²) in [4.78, 5) is 10.6. The maximum Gasteiger partial charge on any atom is 0.332 e. The fraction of sp³-hybridized carbons (Fsp3) is 0.636. The summed E-state index contributed by atoms with van der Waals surface area (Å²) in [5, 5.41) is 4.12. The van der Waals surface area contributed by atoms with Crippen LogP contribution in [0.3, 0.4) is 0 Å². The number of nitrogens with zero attached hydrogens (tertiary/aromatic N) is 1. The van der Waals surface area contributed by atoms with Crippen LogP contribution in [0.2, 0.25) is 0 Å². The highest BCUT2D eigenvalue weighted by molar-refractivity contribution is 5.91. The van der Waals surface area contributed by atoms with Crippen molar-refractivity contribution in [2.45, 2.75) is 19.3 Å². The molecular weight excluding hydrogens is 190 g/mol. The van der Waals surface area contributed by atoms with E-state index in [0.717, 1.165) is 24.0 Å². The number of nitrogens with two attached hydrogens (primary N) is 1. The van der Waals surface area contributed by atoms with E-state index in [1.165, 1.54) is 12.8 Å². The molecule has 3 rings (SSSR count). The van der Waals surface area contributed by atoms with Crippen molar-refractivity contribution in [2.75, 3.05) is 0 Å². The van der Waals surface area contributed by atoms with E-state index in [4.69, 9.17) is 5.73 Å². The molecule has 3 N–H and O–H groups in total. The quantitative estimate of drug-likeness (QED) is 0.491. The Morgan fingerprint density at radius 1 is 1.60 bits per heavy atom. The van der Waals surface area contributed by atoms with Gasteiger partial charge in [0.1, 0.15) is 0 Å². The summed E-state index contributed by atoms with van der Waals surface area (Å²) in [6.07, 6.45) is 8.16. The predicted molar refractivity (Wildman–Crippen MR) is 57.1 cm³/mol. The fourth-order valence-electron chi connectivity index (χ4n) is 3.56. The molecule has 4 nitrogen and oxygen atoms in total. The number of carbonyl (C=O) groups is 1. The van der Waals surface area contributed by atoms with E-state index in [9.17, 15) is 4.79 Å². The Kier molecular flexibility index (Phi) is 1.84. The highest BCUT2D eigenvalue weighted by atomic mass is 16.2. The first-order valence-corrected chi connectivity index (χ1v) is 5.54. The number of hydrogen-bond donors (Lipinski definition) is 2. The monoisotopic (exact) mass is 205 g/mol. The number of primary amides is 1. The average molecular weight is 205 g/mol. The predicted octanol–water partition coefficient (Wildman–Crippen LogP) is 1.24. The summed E-state index contributed by atoms with van der Waals surface area (Å²) in [7, 11) is 0. The van der Waals surface area contributed by atoms with Crippen LogP contribution in [0.25, 0.3) is 0 Å². The van der Waals surface area contributed by atoms with Gasteiger partial charge in [-0.3, -0.25) is 0 Å². The van der Waals surface area contributed by atoms with Gasteiger partial charge in [-0.15, -0.1) is 0 Å². The average Bonchev–Trinajstić information content (AvgIpc) is 2.86. The van der Waals surface area contributed by atoms with Crippen molar-refractivity contribution in [3.63, 3.8) is 0 Å². The molecule has 0 spiro atoms. The zero-order valence-electron chi connectivity index (χ0n) is 8.52. The molecule has 2 amide bonds. The lowest BCUT2D eigenvalue weighted by Gasteiger charge is -2.25. The van der Waals surface area contributed by atoms with Crippen LogP contribution in [0.4, 0.5) is 4.79 Å². The lowest BCUT2D eigenvalue weighted by atomic mass is 9.80. The number of allylic oxidation sites excluding steroid dienone is 2. The molecular formula is C11H15N3O. The van der Waals surface area contributed by atoms with Crippen LogP contribution in [0.5, 0.6) is 0 Å². The number of carbonyl (C=O) groups excluding carboxylic acids is 1.